The number of halogens is 1. The van der Waals surface area contributed by atoms with Crippen LogP contribution in [0.3, 0.4) is 0 Å². The van der Waals surface area contributed by atoms with E-state index in [4.69, 9.17) is 4.74 Å². The number of aliphatic carboxylic acids is 1. The molecule has 1 heterocycles. The zero-order valence-corrected chi connectivity index (χ0v) is 10.4. The maximum atomic E-state index is 13.3. The van der Waals surface area contributed by atoms with E-state index in [0.717, 1.165) is 0 Å². The van der Waals surface area contributed by atoms with Crippen molar-refractivity contribution in [1.29, 1.82) is 0 Å². The van der Waals surface area contributed by atoms with Crippen molar-refractivity contribution in [1.82, 2.24) is 4.90 Å². The standard InChI is InChI=1S/C13H14FNO4/c1-2-15-10(16)7-19-12(13(17)18)11(15)8-4-3-5-9(14)6-8/h3-6,11-12H,2,7H2,1H3,(H,17,18). The van der Waals surface area contributed by atoms with Crippen LogP contribution in [0.25, 0.3) is 0 Å². The van der Waals surface area contributed by atoms with E-state index in [2.05, 4.69) is 0 Å². The second-order valence-corrected chi connectivity index (χ2v) is 4.25. The minimum Gasteiger partial charge on any atom is -0.479 e. The first kappa shape index (κ1) is 13.5. The molecule has 0 bridgehead atoms. The van der Waals surface area contributed by atoms with Gasteiger partial charge in [-0.05, 0) is 24.6 Å². The van der Waals surface area contributed by atoms with Gasteiger partial charge in [0.15, 0.2) is 6.10 Å². The van der Waals surface area contributed by atoms with Gasteiger partial charge in [-0.25, -0.2) is 9.18 Å². The Hall–Kier alpha value is -1.95. The zero-order chi connectivity index (χ0) is 14.0. The van der Waals surface area contributed by atoms with E-state index in [0.29, 0.717) is 12.1 Å². The molecule has 102 valence electrons. The van der Waals surface area contributed by atoms with Crippen LogP contribution in [0, 0.1) is 5.82 Å². The second-order valence-electron chi connectivity index (χ2n) is 4.25. The number of nitrogens with zero attached hydrogens (tertiary/aromatic N) is 1. The van der Waals surface area contributed by atoms with Gasteiger partial charge in [-0.2, -0.15) is 0 Å². The number of carbonyl (C=O) groups is 2. The van der Waals surface area contributed by atoms with E-state index < -0.39 is 23.9 Å². The number of benzene rings is 1. The lowest BCUT2D eigenvalue weighted by molar-refractivity contribution is -0.172. The van der Waals surface area contributed by atoms with Crippen LogP contribution >= 0.6 is 0 Å². The molecule has 1 fully saturated rings. The highest BCUT2D eigenvalue weighted by Gasteiger charge is 2.41. The largest absolute Gasteiger partial charge is 0.479 e. The van der Waals surface area contributed by atoms with Crippen molar-refractivity contribution < 1.29 is 23.8 Å². The fourth-order valence-electron chi connectivity index (χ4n) is 2.28. The van der Waals surface area contributed by atoms with Gasteiger partial charge in [0.25, 0.3) is 0 Å². The number of hydrogen-bond donors (Lipinski definition) is 1. The molecule has 1 N–H and O–H groups in total. The molecule has 0 aromatic heterocycles. The van der Waals surface area contributed by atoms with E-state index >= 15 is 0 Å². The van der Waals surface area contributed by atoms with Gasteiger partial charge in [0.2, 0.25) is 5.91 Å². The van der Waals surface area contributed by atoms with Crippen LogP contribution in [-0.4, -0.2) is 41.1 Å². The van der Waals surface area contributed by atoms with Crippen molar-refractivity contribution in [3.8, 4) is 0 Å². The predicted octanol–water partition coefficient (Wildman–Crippen LogP) is 1.20. The molecule has 0 aliphatic carbocycles. The van der Waals surface area contributed by atoms with Crippen LogP contribution in [0.2, 0.25) is 0 Å². The zero-order valence-electron chi connectivity index (χ0n) is 10.4. The van der Waals surface area contributed by atoms with Crippen molar-refractivity contribution in [2.45, 2.75) is 19.1 Å². The van der Waals surface area contributed by atoms with Crippen molar-refractivity contribution >= 4 is 11.9 Å². The number of carboxylic acid groups (broad SMARTS) is 1. The van der Waals surface area contributed by atoms with Crippen molar-refractivity contribution in [3.05, 3.63) is 35.6 Å². The predicted molar refractivity (Wildman–Crippen MR) is 63.9 cm³/mol. The molecule has 1 aromatic carbocycles. The van der Waals surface area contributed by atoms with Gasteiger partial charge in [-0.3, -0.25) is 4.79 Å². The van der Waals surface area contributed by atoms with Crippen LogP contribution < -0.4 is 0 Å². The third-order valence-corrected chi connectivity index (χ3v) is 3.10. The Bertz CT molecular complexity index is 503. The molecule has 1 amide bonds. The van der Waals surface area contributed by atoms with E-state index in [1.54, 1.807) is 13.0 Å². The van der Waals surface area contributed by atoms with E-state index in [1.165, 1.54) is 23.1 Å². The van der Waals surface area contributed by atoms with Gasteiger partial charge < -0.3 is 14.7 Å². The molecule has 19 heavy (non-hydrogen) atoms. The summed E-state index contributed by atoms with van der Waals surface area (Å²) in [6.07, 6.45) is -1.18. The number of carbonyl (C=O) groups excluding carboxylic acids is 1. The van der Waals surface area contributed by atoms with Crippen molar-refractivity contribution in [2.75, 3.05) is 13.2 Å². The fourth-order valence-corrected chi connectivity index (χ4v) is 2.28. The number of carboxylic acids is 1. The lowest BCUT2D eigenvalue weighted by Gasteiger charge is -2.38. The lowest BCUT2D eigenvalue weighted by atomic mass is 9.97. The number of hydrogen-bond acceptors (Lipinski definition) is 3. The second kappa shape index (κ2) is 5.36. The highest BCUT2D eigenvalue weighted by atomic mass is 19.1. The van der Waals surface area contributed by atoms with Crippen LogP contribution in [0.4, 0.5) is 4.39 Å². The molecule has 1 aliphatic heterocycles. The molecule has 5 nitrogen and oxygen atoms in total. The number of likely N-dealkylation sites (N-methyl/N-ethyl adjacent to an activating group) is 1. The monoisotopic (exact) mass is 267 g/mol. The molecule has 1 saturated heterocycles. The lowest BCUT2D eigenvalue weighted by Crippen LogP contribution is -2.51. The maximum absolute atomic E-state index is 13.3. The van der Waals surface area contributed by atoms with Gasteiger partial charge in [-0.1, -0.05) is 12.1 Å². The first-order valence-corrected chi connectivity index (χ1v) is 5.94. The van der Waals surface area contributed by atoms with Crippen molar-refractivity contribution in [3.63, 3.8) is 0 Å². The quantitative estimate of drug-likeness (QED) is 0.893. The van der Waals surface area contributed by atoms with E-state index in [1.807, 2.05) is 0 Å². The highest BCUT2D eigenvalue weighted by Crippen LogP contribution is 2.30. The summed E-state index contributed by atoms with van der Waals surface area (Å²) in [6, 6.07) is 4.76. The van der Waals surface area contributed by atoms with Crippen LogP contribution in [0.1, 0.15) is 18.5 Å². The summed E-state index contributed by atoms with van der Waals surface area (Å²) in [6.45, 7) is 1.82. The Balaban J connectivity index is 2.44. The SMILES string of the molecule is CCN1C(=O)COC(C(=O)O)C1c1cccc(F)c1. The summed E-state index contributed by atoms with van der Waals surface area (Å²) in [5, 5.41) is 9.18. The summed E-state index contributed by atoms with van der Waals surface area (Å²) >= 11 is 0. The summed E-state index contributed by atoms with van der Waals surface area (Å²) in [7, 11) is 0. The maximum Gasteiger partial charge on any atom is 0.335 e. The highest BCUT2D eigenvalue weighted by molar-refractivity contribution is 5.82. The molecule has 1 aromatic rings. The van der Waals surface area contributed by atoms with E-state index in [9.17, 15) is 19.1 Å². The van der Waals surface area contributed by atoms with Gasteiger partial charge in [0.1, 0.15) is 12.4 Å². The normalized spacial score (nSPS) is 23.5. The average molecular weight is 267 g/mol. The summed E-state index contributed by atoms with van der Waals surface area (Å²) in [5.41, 5.74) is 0.419. The third kappa shape index (κ3) is 2.58. The molecule has 2 unspecified atom stereocenters. The minimum atomic E-state index is -1.18. The summed E-state index contributed by atoms with van der Waals surface area (Å²) in [4.78, 5) is 24.4. The molecule has 2 rings (SSSR count). The Labute approximate surface area is 109 Å². The number of amides is 1. The first-order valence-electron chi connectivity index (χ1n) is 5.94. The fraction of sp³-hybridized carbons (Fsp3) is 0.385. The third-order valence-electron chi connectivity index (χ3n) is 3.10. The molecule has 0 radical (unpaired) electrons. The van der Waals surface area contributed by atoms with Crippen molar-refractivity contribution in [2.24, 2.45) is 0 Å². The number of morpholine rings is 1. The Morgan fingerprint density at radius 3 is 2.89 bits per heavy atom. The van der Waals surface area contributed by atoms with E-state index in [-0.39, 0.29) is 12.5 Å². The molecule has 0 spiro atoms. The topological polar surface area (TPSA) is 66.8 Å². The molecular formula is C13H14FNO4. The molecule has 2 atom stereocenters. The molecule has 6 heteroatoms. The Kier molecular flexibility index (Phi) is 3.80. The summed E-state index contributed by atoms with van der Waals surface area (Å²) < 4.78 is 18.4. The van der Waals surface area contributed by atoms with Crippen LogP contribution in [0.15, 0.2) is 24.3 Å². The van der Waals surface area contributed by atoms with Crippen LogP contribution in [0.5, 0.6) is 0 Å². The minimum absolute atomic E-state index is 0.267. The van der Waals surface area contributed by atoms with Gasteiger partial charge in [-0.15, -0.1) is 0 Å². The van der Waals surface area contributed by atoms with Gasteiger partial charge >= 0.3 is 5.97 Å². The smallest absolute Gasteiger partial charge is 0.335 e. The number of ether oxygens (including phenoxy) is 1. The van der Waals surface area contributed by atoms with Gasteiger partial charge in [0, 0.05) is 6.54 Å². The molecule has 0 saturated carbocycles. The Morgan fingerprint density at radius 2 is 2.32 bits per heavy atom. The molecule has 1 aliphatic rings. The molecular weight excluding hydrogens is 253 g/mol. The van der Waals surface area contributed by atoms with Gasteiger partial charge in [0.05, 0.1) is 6.04 Å². The summed E-state index contributed by atoms with van der Waals surface area (Å²) in [5.74, 6) is -1.94. The number of rotatable bonds is 3. The average Bonchev–Trinajstić information content (AvgIpc) is 2.37. The Morgan fingerprint density at radius 1 is 1.58 bits per heavy atom. The van der Waals surface area contributed by atoms with Crippen LogP contribution in [-0.2, 0) is 14.3 Å². The first-order chi connectivity index (χ1) is 9.04.